The van der Waals surface area contributed by atoms with Crippen molar-refractivity contribution in [3.63, 3.8) is 0 Å². The van der Waals surface area contributed by atoms with Gasteiger partial charge in [0, 0.05) is 18.5 Å². The number of thioether (sulfide) groups is 1. The van der Waals surface area contributed by atoms with Gasteiger partial charge in [-0.3, -0.25) is 9.36 Å². The van der Waals surface area contributed by atoms with Gasteiger partial charge in [0.2, 0.25) is 5.91 Å². The lowest BCUT2D eigenvalue weighted by atomic mass is 10.3. The molecule has 8 heteroatoms. The van der Waals surface area contributed by atoms with Crippen LogP contribution in [0, 0.1) is 0 Å². The molecule has 0 atom stereocenters. The largest absolute Gasteiger partial charge is 0.497 e. The smallest absolute Gasteiger partial charge is 0.236 e. The number of benzene rings is 2. The molecule has 0 spiro atoms. The van der Waals surface area contributed by atoms with Gasteiger partial charge in [0.15, 0.2) is 10.3 Å². The zero-order valence-corrected chi connectivity index (χ0v) is 16.1. The Balaban J connectivity index is 1.43. The van der Waals surface area contributed by atoms with E-state index in [4.69, 9.17) is 4.74 Å². The number of hydrogen-bond donors (Lipinski definition) is 1. The third-order valence-corrected chi connectivity index (χ3v) is 5.73. The lowest BCUT2D eigenvalue weighted by molar-refractivity contribution is -0.113. The quantitative estimate of drug-likeness (QED) is 0.494. The maximum absolute atomic E-state index is 12.3. The molecule has 2 heterocycles. The maximum atomic E-state index is 12.3. The zero-order valence-electron chi connectivity index (χ0n) is 14.5. The molecule has 0 bridgehead atoms. The number of thiazole rings is 1. The Hall–Kier alpha value is -2.84. The van der Waals surface area contributed by atoms with Gasteiger partial charge in [-0.2, -0.15) is 0 Å². The van der Waals surface area contributed by atoms with Crippen molar-refractivity contribution in [2.24, 2.45) is 0 Å². The minimum Gasteiger partial charge on any atom is -0.497 e. The van der Waals surface area contributed by atoms with Gasteiger partial charge in [-0.1, -0.05) is 41.3 Å². The van der Waals surface area contributed by atoms with Gasteiger partial charge in [0.1, 0.15) is 5.75 Å². The predicted molar refractivity (Wildman–Crippen MR) is 109 cm³/mol. The SMILES string of the molecule is COc1cccc(-n2ccnc2SCC(=O)Nc2nc3ccccc3s2)c1. The fourth-order valence-electron chi connectivity index (χ4n) is 2.56. The third kappa shape index (κ3) is 3.96. The molecule has 2 aromatic carbocycles. The van der Waals surface area contributed by atoms with E-state index < -0.39 is 0 Å². The van der Waals surface area contributed by atoms with E-state index in [1.54, 1.807) is 13.3 Å². The van der Waals surface area contributed by atoms with E-state index in [0.29, 0.717) is 5.13 Å². The van der Waals surface area contributed by atoms with Crippen LogP contribution in [0.1, 0.15) is 0 Å². The fraction of sp³-hybridized carbons (Fsp3) is 0.105. The summed E-state index contributed by atoms with van der Waals surface area (Å²) in [6, 6.07) is 15.5. The molecule has 2 aromatic heterocycles. The molecule has 0 fully saturated rings. The summed E-state index contributed by atoms with van der Waals surface area (Å²) in [6.07, 6.45) is 3.58. The number of carbonyl (C=O) groups is 1. The van der Waals surface area contributed by atoms with E-state index in [0.717, 1.165) is 26.8 Å². The highest BCUT2D eigenvalue weighted by atomic mass is 32.2. The van der Waals surface area contributed by atoms with Crippen LogP contribution >= 0.6 is 23.1 Å². The van der Waals surface area contributed by atoms with Crippen LogP contribution < -0.4 is 10.1 Å². The van der Waals surface area contributed by atoms with Crippen LogP contribution in [-0.4, -0.2) is 33.3 Å². The molecule has 0 aliphatic heterocycles. The van der Waals surface area contributed by atoms with Crippen LogP contribution in [0.25, 0.3) is 15.9 Å². The monoisotopic (exact) mass is 396 g/mol. The molecule has 4 aromatic rings. The van der Waals surface area contributed by atoms with Crippen LogP contribution in [0.15, 0.2) is 66.1 Å². The van der Waals surface area contributed by atoms with Crippen molar-refractivity contribution in [3.05, 3.63) is 60.9 Å². The Bertz CT molecular complexity index is 1060. The highest BCUT2D eigenvalue weighted by Crippen LogP contribution is 2.26. The molecule has 1 amide bonds. The Labute approximate surface area is 164 Å². The van der Waals surface area contributed by atoms with Gasteiger partial charge < -0.3 is 10.1 Å². The van der Waals surface area contributed by atoms with Crippen LogP contribution in [-0.2, 0) is 4.79 Å². The molecule has 0 unspecified atom stereocenters. The first kappa shape index (κ1) is 17.6. The molecule has 4 rings (SSSR count). The Morgan fingerprint density at radius 3 is 3.00 bits per heavy atom. The van der Waals surface area contributed by atoms with Crippen molar-refractivity contribution in [2.45, 2.75) is 5.16 Å². The average Bonchev–Trinajstić information content (AvgIpc) is 3.32. The van der Waals surface area contributed by atoms with Crippen molar-refractivity contribution in [3.8, 4) is 11.4 Å². The number of para-hydroxylation sites is 1. The van der Waals surface area contributed by atoms with E-state index in [1.165, 1.54) is 23.1 Å². The van der Waals surface area contributed by atoms with Gasteiger partial charge in [0.25, 0.3) is 0 Å². The number of anilines is 1. The molecule has 27 heavy (non-hydrogen) atoms. The summed E-state index contributed by atoms with van der Waals surface area (Å²) >= 11 is 2.84. The minimum atomic E-state index is -0.112. The van der Waals surface area contributed by atoms with Crippen LogP contribution in [0.2, 0.25) is 0 Å². The molecule has 1 N–H and O–H groups in total. The highest BCUT2D eigenvalue weighted by Gasteiger charge is 2.11. The predicted octanol–water partition coefficient (Wildman–Crippen LogP) is 4.22. The second-order valence-electron chi connectivity index (χ2n) is 5.60. The van der Waals surface area contributed by atoms with Crippen LogP contribution in [0.4, 0.5) is 5.13 Å². The molecule has 136 valence electrons. The number of imidazole rings is 1. The normalized spacial score (nSPS) is 10.9. The summed E-state index contributed by atoms with van der Waals surface area (Å²) in [5.41, 5.74) is 1.82. The average molecular weight is 396 g/mol. The molecule has 0 saturated heterocycles. The van der Waals surface area contributed by atoms with E-state index >= 15 is 0 Å². The number of carbonyl (C=O) groups excluding carboxylic acids is 1. The first-order valence-corrected chi connectivity index (χ1v) is 9.99. The number of rotatable bonds is 6. The van der Waals surface area contributed by atoms with Crippen molar-refractivity contribution in [2.75, 3.05) is 18.2 Å². The summed E-state index contributed by atoms with van der Waals surface area (Å²) in [5, 5.41) is 4.21. The Kier molecular flexibility index (Phi) is 5.08. The number of nitrogens with one attached hydrogen (secondary N) is 1. The van der Waals surface area contributed by atoms with Crippen molar-refractivity contribution < 1.29 is 9.53 Å². The second-order valence-corrected chi connectivity index (χ2v) is 7.58. The lowest BCUT2D eigenvalue weighted by Gasteiger charge is -2.09. The van der Waals surface area contributed by atoms with Crippen molar-refractivity contribution in [1.29, 1.82) is 0 Å². The molecular weight excluding hydrogens is 380 g/mol. The summed E-state index contributed by atoms with van der Waals surface area (Å²) in [6.45, 7) is 0. The van der Waals surface area contributed by atoms with Gasteiger partial charge in [-0.05, 0) is 24.3 Å². The first-order valence-electron chi connectivity index (χ1n) is 8.19. The lowest BCUT2D eigenvalue weighted by Crippen LogP contribution is -2.14. The summed E-state index contributed by atoms with van der Waals surface area (Å²) in [5.74, 6) is 0.904. The second kappa shape index (κ2) is 7.81. The molecular formula is C19H16N4O2S2. The number of amides is 1. The molecule has 0 aliphatic rings. The number of methoxy groups -OCH3 is 1. The number of fused-ring (bicyclic) bond motifs is 1. The summed E-state index contributed by atoms with van der Waals surface area (Å²) < 4.78 is 8.25. The van der Waals surface area contributed by atoms with Gasteiger partial charge in [-0.15, -0.1) is 0 Å². The van der Waals surface area contributed by atoms with E-state index in [9.17, 15) is 4.79 Å². The minimum absolute atomic E-state index is 0.112. The molecule has 0 saturated carbocycles. The van der Waals surface area contributed by atoms with E-state index in [-0.39, 0.29) is 11.7 Å². The van der Waals surface area contributed by atoms with E-state index in [2.05, 4.69) is 15.3 Å². The van der Waals surface area contributed by atoms with Crippen molar-refractivity contribution >= 4 is 44.4 Å². The first-order chi connectivity index (χ1) is 13.2. The number of ether oxygens (including phenoxy) is 1. The highest BCUT2D eigenvalue weighted by molar-refractivity contribution is 7.99. The van der Waals surface area contributed by atoms with Crippen LogP contribution in [0.5, 0.6) is 5.75 Å². The summed E-state index contributed by atoms with van der Waals surface area (Å²) in [7, 11) is 1.63. The van der Waals surface area contributed by atoms with Gasteiger partial charge in [-0.25, -0.2) is 9.97 Å². The van der Waals surface area contributed by atoms with Crippen molar-refractivity contribution in [1.82, 2.24) is 14.5 Å². The topological polar surface area (TPSA) is 69.0 Å². The fourth-order valence-corrected chi connectivity index (χ4v) is 4.22. The van der Waals surface area contributed by atoms with Gasteiger partial charge in [0.05, 0.1) is 28.8 Å². The summed E-state index contributed by atoms with van der Waals surface area (Å²) in [4.78, 5) is 21.1. The maximum Gasteiger partial charge on any atom is 0.236 e. The zero-order chi connectivity index (χ0) is 18.6. The Morgan fingerprint density at radius 2 is 2.15 bits per heavy atom. The third-order valence-electron chi connectivity index (χ3n) is 3.81. The number of nitrogens with zero attached hydrogens (tertiary/aromatic N) is 3. The van der Waals surface area contributed by atoms with E-state index in [1.807, 2.05) is 59.3 Å². The molecule has 6 nitrogen and oxygen atoms in total. The molecule has 0 radical (unpaired) electrons. The van der Waals surface area contributed by atoms with Gasteiger partial charge >= 0.3 is 0 Å². The Morgan fingerprint density at radius 1 is 1.26 bits per heavy atom. The molecule has 0 aliphatic carbocycles. The standard InChI is InChI=1S/C19H16N4O2S2/c1-25-14-6-4-5-13(11-14)23-10-9-20-19(23)26-12-17(24)22-18-21-15-7-2-3-8-16(15)27-18/h2-11H,12H2,1H3,(H,21,22,24). The van der Waals surface area contributed by atoms with Crippen LogP contribution in [0.3, 0.4) is 0 Å². The number of hydrogen-bond acceptors (Lipinski definition) is 6. The number of aromatic nitrogens is 3.